The van der Waals surface area contributed by atoms with Crippen molar-refractivity contribution in [1.29, 1.82) is 0 Å². The molecule has 0 aliphatic carbocycles. The number of urea groups is 1. The van der Waals surface area contributed by atoms with E-state index in [0.717, 1.165) is 0 Å². The smallest absolute Gasteiger partial charge is 0.339 e. The number of rotatable bonds is 5. The lowest BCUT2D eigenvalue weighted by Gasteiger charge is -2.17. The van der Waals surface area contributed by atoms with Gasteiger partial charge in [0.1, 0.15) is 5.75 Å². The van der Waals surface area contributed by atoms with E-state index < -0.39 is 24.0 Å². The summed E-state index contributed by atoms with van der Waals surface area (Å²) in [6.07, 6.45) is -1.31. The number of phenols is 1. The van der Waals surface area contributed by atoms with Gasteiger partial charge in [-0.1, -0.05) is 36.4 Å². The van der Waals surface area contributed by atoms with Gasteiger partial charge in [0.15, 0.2) is 0 Å². The van der Waals surface area contributed by atoms with Gasteiger partial charge in [-0.15, -0.1) is 0 Å². The molecule has 0 spiro atoms. The standard InChI is InChI=1S/C18H18N2O5/c1-2-19-18(24)20-16(22)15(12-7-4-3-5-8-12)25-17(23)13-9-6-10-14(21)11-13/h3-11,15,21H,2H2,1H3,(H2,19,20,22,24)/t15-/m0/s1. The normalized spacial score (nSPS) is 11.2. The summed E-state index contributed by atoms with van der Waals surface area (Å²) < 4.78 is 5.28. The Kier molecular flexibility index (Phi) is 6.11. The number of carbonyl (C=O) groups is 3. The molecule has 2 aromatic carbocycles. The Morgan fingerprint density at radius 2 is 1.80 bits per heavy atom. The fraction of sp³-hybridized carbons (Fsp3) is 0.167. The Morgan fingerprint density at radius 1 is 1.08 bits per heavy atom. The summed E-state index contributed by atoms with van der Waals surface area (Å²) in [7, 11) is 0. The second-order valence-electron chi connectivity index (χ2n) is 5.10. The van der Waals surface area contributed by atoms with Gasteiger partial charge in [0.05, 0.1) is 5.56 Å². The summed E-state index contributed by atoms with van der Waals surface area (Å²) in [6, 6.07) is 13.2. The van der Waals surface area contributed by atoms with E-state index in [9.17, 15) is 19.5 Å². The van der Waals surface area contributed by atoms with Crippen LogP contribution >= 0.6 is 0 Å². The van der Waals surface area contributed by atoms with Crippen LogP contribution in [0, 0.1) is 0 Å². The Balaban J connectivity index is 2.21. The first-order valence-electron chi connectivity index (χ1n) is 7.65. The number of carbonyl (C=O) groups excluding carboxylic acids is 3. The maximum Gasteiger partial charge on any atom is 0.339 e. The maximum atomic E-state index is 12.4. The van der Waals surface area contributed by atoms with Crippen molar-refractivity contribution in [3.63, 3.8) is 0 Å². The lowest BCUT2D eigenvalue weighted by Crippen LogP contribution is -2.42. The minimum atomic E-state index is -1.31. The van der Waals surface area contributed by atoms with Crippen LogP contribution in [0.2, 0.25) is 0 Å². The summed E-state index contributed by atoms with van der Waals surface area (Å²) in [4.78, 5) is 36.2. The number of hydrogen-bond acceptors (Lipinski definition) is 5. The predicted octanol–water partition coefficient (Wildman–Crippen LogP) is 2.14. The minimum absolute atomic E-state index is 0.0896. The van der Waals surface area contributed by atoms with Crippen LogP contribution in [0.3, 0.4) is 0 Å². The molecule has 0 aliphatic heterocycles. The Bertz CT molecular complexity index is 761. The average molecular weight is 342 g/mol. The third kappa shape index (κ3) is 5.07. The first-order chi connectivity index (χ1) is 12.0. The van der Waals surface area contributed by atoms with Crippen LogP contribution in [0.15, 0.2) is 54.6 Å². The second kappa shape index (κ2) is 8.49. The molecule has 130 valence electrons. The van der Waals surface area contributed by atoms with E-state index in [1.54, 1.807) is 37.3 Å². The molecule has 7 nitrogen and oxygen atoms in total. The number of amides is 3. The van der Waals surface area contributed by atoms with Crippen LogP contribution in [0.4, 0.5) is 4.79 Å². The molecule has 0 saturated carbocycles. The monoisotopic (exact) mass is 342 g/mol. The molecule has 0 heterocycles. The molecule has 25 heavy (non-hydrogen) atoms. The summed E-state index contributed by atoms with van der Waals surface area (Å²) >= 11 is 0. The van der Waals surface area contributed by atoms with Gasteiger partial charge < -0.3 is 15.2 Å². The minimum Gasteiger partial charge on any atom is -0.508 e. The molecule has 2 rings (SSSR count). The molecule has 0 unspecified atom stereocenters. The van der Waals surface area contributed by atoms with Crippen molar-refractivity contribution in [2.24, 2.45) is 0 Å². The lowest BCUT2D eigenvalue weighted by molar-refractivity contribution is -0.129. The third-order valence-electron chi connectivity index (χ3n) is 3.22. The zero-order chi connectivity index (χ0) is 18.2. The van der Waals surface area contributed by atoms with Crippen LogP contribution in [-0.4, -0.2) is 29.6 Å². The number of imide groups is 1. The zero-order valence-electron chi connectivity index (χ0n) is 13.6. The Morgan fingerprint density at radius 3 is 2.44 bits per heavy atom. The number of hydrogen-bond donors (Lipinski definition) is 3. The third-order valence-corrected chi connectivity index (χ3v) is 3.22. The highest BCUT2D eigenvalue weighted by Crippen LogP contribution is 2.21. The quantitative estimate of drug-likeness (QED) is 0.722. The molecule has 2 aromatic rings. The van der Waals surface area contributed by atoms with Crippen LogP contribution in [0.25, 0.3) is 0 Å². The summed E-state index contributed by atoms with van der Waals surface area (Å²) in [5.74, 6) is -1.67. The largest absolute Gasteiger partial charge is 0.508 e. The molecule has 1 atom stereocenters. The topological polar surface area (TPSA) is 105 Å². The maximum absolute atomic E-state index is 12.4. The predicted molar refractivity (Wildman–Crippen MR) is 89.9 cm³/mol. The summed E-state index contributed by atoms with van der Waals surface area (Å²) in [6.45, 7) is 2.05. The van der Waals surface area contributed by atoms with Crippen molar-refractivity contribution in [2.75, 3.05) is 6.54 Å². The molecule has 0 saturated heterocycles. The number of nitrogens with one attached hydrogen (secondary N) is 2. The fourth-order valence-electron chi connectivity index (χ4n) is 2.09. The van der Waals surface area contributed by atoms with Gasteiger partial charge in [0.2, 0.25) is 6.10 Å². The van der Waals surface area contributed by atoms with Crippen LogP contribution in [0.1, 0.15) is 28.9 Å². The van der Waals surface area contributed by atoms with E-state index in [1.807, 2.05) is 0 Å². The molecule has 0 fully saturated rings. The molecule has 0 aromatic heterocycles. The second-order valence-corrected chi connectivity index (χ2v) is 5.10. The van der Waals surface area contributed by atoms with E-state index in [2.05, 4.69) is 10.6 Å². The number of ether oxygens (including phenoxy) is 1. The highest BCUT2D eigenvalue weighted by molar-refractivity contribution is 5.99. The zero-order valence-corrected chi connectivity index (χ0v) is 13.6. The van der Waals surface area contributed by atoms with Gasteiger partial charge in [-0.3, -0.25) is 10.1 Å². The van der Waals surface area contributed by atoms with Gasteiger partial charge in [-0.05, 0) is 25.1 Å². The number of aromatic hydroxyl groups is 1. The van der Waals surface area contributed by atoms with Gasteiger partial charge >= 0.3 is 12.0 Å². The Labute approximate surface area is 144 Å². The molecule has 0 aliphatic rings. The van der Waals surface area contributed by atoms with Crippen molar-refractivity contribution >= 4 is 17.9 Å². The van der Waals surface area contributed by atoms with Crippen LogP contribution in [-0.2, 0) is 9.53 Å². The van der Waals surface area contributed by atoms with Crippen molar-refractivity contribution in [1.82, 2.24) is 10.6 Å². The highest BCUT2D eigenvalue weighted by atomic mass is 16.5. The molecular weight excluding hydrogens is 324 g/mol. The van der Waals surface area contributed by atoms with E-state index in [0.29, 0.717) is 12.1 Å². The molecule has 3 amide bonds. The molecular formula is C18H18N2O5. The van der Waals surface area contributed by atoms with E-state index in [4.69, 9.17) is 4.74 Å². The van der Waals surface area contributed by atoms with Gasteiger partial charge in [0, 0.05) is 12.1 Å². The highest BCUT2D eigenvalue weighted by Gasteiger charge is 2.27. The fourth-order valence-corrected chi connectivity index (χ4v) is 2.09. The lowest BCUT2D eigenvalue weighted by atomic mass is 10.1. The van der Waals surface area contributed by atoms with Crippen molar-refractivity contribution in [2.45, 2.75) is 13.0 Å². The van der Waals surface area contributed by atoms with Crippen molar-refractivity contribution < 1.29 is 24.2 Å². The number of esters is 1. The number of phenolic OH excluding ortho intramolecular Hbond substituents is 1. The summed E-state index contributed by atoms with van der Waals surface area (Å²) in [5.41, 5.74) is 0.504. The van der Waals surface area contributed by atoms with E-state index in [1.165, 1.54) is 24.3 Å². The van der Waals surface area contributed by atoms with Crippen molar-refractivity contribution in [3.05, 3.63) is 65.7 Å². The van der Waals surface area contributed by atoms with Gasteiger partial charge in [-0.2, -0.15) is 0 Å². The number of benzene rings is 2. The molecule has 0 radical (unpaired) electrons. The van der Waals surface area contributed by atoms with Gasteiger partial charge in [-0.25, -0.2) is 9.59 Å². The average Bonchev–Trinajstić information content (AvgIpc) is 2.60. The Hall–Kier alpha value is -3.35. The molecule has 7 heteroatoms. The molecule has 3 N–H and O–H groups in total. The SMILES string of the molecule is CCNC(=O)NC(=O)[C@@H](OC(=O)c1cccc(O)c1)c1ccccc1. The van der Waals surface area contributed by atoms with Crippen LogP contribution in [0.5, 0.6) is 5.75 Å². The summed E-state index contributed by atoms with van der Waals surface area (Å²) in [5, 5.41) is 14.0. The van der Waals surface area contributed by atoms with E-state index >= 15 is 0 Å². The first-order valence-corrected chi connectivity index (χ1v) is 7.65. The molecule has 0 bridgehead atoms. The van der Waals surface area contributed by atoms with Crippen LogP contribution < -0.4 is 10.6 Å². The van der Waals surface area contributed by atoms with Crippen molar-refractivity contribution in [3.8, 4) is 5.75 Å². The first kappa shape index (κ1) is 18.0. The van der Waals surface area contributed by atoms with Gasteiger partial charge in [0.25, 0.3) is 5.91 Å². The van der Waals surface area contributed by atoms with E-state index in [-0.39, 0.29) is 11.3 Å².